The van der Waals surface area contributed by atoms with Crippen molar-refractivity contribution in [3.05, 3.63) is 51.5 Å². The molecule has 5 nitrogen and oxygen atoms in total. The molecule has 0 bridgehead atoms. The highest BCUT2D eigenvalue weighted by molar-refractivity contribution is 7.80. The zero-order valence-corrected chi connectivity index (χ0v) is 18.9. The van der Waals surface area contributed by atoms with Crippen molar-refractivity contribution in [2.45, 2.75) is 13.8 Å². The maximum Gasteiger partial charge on any atom is 0.173 e. The van der Waals surface area contributed by atoms with Crippen molar-refractivity contribution < 1.29 is 9.53 Å². The van der Waals surface area contributed by atoms with Crippen LogP contribution in [0.25, 0.3) is 0 Å². The predicted octanol–water partition coefficient (Wildman–Crippen LogP) is 5.03. The van der Waals surface area contributed by atoms with Crippen LogP contribution in [-0.2, 0) is 0 Å². The van der Waals surface area contributed by atoms with Gasteiger partial charge in [0, 0.05) is 47.5 Å². The quantitative estimate of drug-likeness (QED) is 0.519. The number of Topliss-reactive ketones (excluding diaryl/α,β-unsaturated/α-hetero) is 1. The van der Waals surface area contributed by atoms with Gasteiger partial charge in [0.15, 0.2) is 10.9 Å². The van der Waals surface area contributed by atoms with Crippen LogP contribution in [0, 0.1) is 6.92 Å². The van der Waals surface area contributed by atoms with E-state index in [0.717, 1.165) is 37.4 Å². The highest BCUT2D eigenvalue weighted by Gasteiger charge is 2.21. The normalized spacial score (nSPS) is 14.0. The molecule has 1 aliphatic rings. The van der Waals surface area contributed by atoms with Gasteiger partial charge in [-0.1, -0.05) is 23.2 Å². The molecule has 1 N–H and O–H groups in total. The first kappa shape index (κ1) is 21.7. The van der Waals surface area contributed by atoms with Gasteiger partial charge in [-0.3, -0.25) is 4.79 Å². The number of rotatable bonds is 4. The fourth-order valence-corrected chi connectivity index (χ4v) is 4.22. The summed E-state index contributed by atoms with van der Waals surface area (Å²) in [6.07, 6.45) is 0. The van der Waals surface area contributed by atoms with E-state index in [1.54, 1.807) is 26.2 Å². The number of hydrogen-bond acceptors (Lipinski definition) is 4. The Bertz CT molecular complexity index is 924. The molecular formula is C21H23Cl2N3O2S. The van der Waals surface area contributed by atoms with Crippen LogP contribution in [0.1, 0.15) is 22.8 Å². The number of anilines is 2. The molecular weight excluding hydrogens is 429 g/mol. The summed E-state index contributed by atoms with van der Waals surface area (Å²) in [6.45, 7) is 6.54. The molecule has 1 aliphatic heterocycles. The Hall–Kier alpha value is -2.02. The first-order valence-corrected chi connectivity index (χ1v) is 10.4. The van der Waals surface area contributed by atoms with E-state index in [1.165, 1.54) is 0 Å². The number of methoxy groups -OCH3 is 1. The Kier molecular flexibility index (Phi) is 6.88. The van der Waals surface area contributed by atoms with Crippen LogP contribution in [0.15, 0.2) is 30.3 Å². The third-order valence-electron chi connectivity index (χ3n) is 4.95. The Morgan fingerprint density at radius 3 is 2.24 bits per heavy atom. The average Bonchev–Trinajstić information content (AvgIpc) is 2.68. The third-order valence-corrected chi connectivity index (χ3v) is 5.74. The smallest absolute Gasteiger partial charge is 0.173 e. The van der Waals surface area contributed by atoms with E-state index in [4.69, 9.17) is 40.2 Å². The lowest BCUT2D eigenvalue weighted by atomic mass is 10.0. The van der Waals surface area contributed by atoms with Gasteiger partial charge in [-0.25, -0.2) is 0 Å². The van der Waals surface area contributed by atoms with Crippen LogP contribution < -0.4 is 15.0 Å². The summed E-state index contributed by atoms with van der Waals surface area (Å²) in [4.78, 5) is 16.2. The van der Waals surface area contributed by atoms with Crippen molar-refractivity contribution in [3.63, 3.8) is 0 Å². The monoisotopic (exact) mass is 451 g/mol. The molecule has 0 amide bonds. The van der Waals surface area contributed by atoms with E-state index < -0.39 is 0 Å². The number of ether oxygens (including phenoxy) is 1. The summed E-state index contributed by atoms with van der Waals surface area (Å²) < 4.78 is 5.46. The minimum Gasteiger partial charge on any atom is -0.495 e. The zero-order valence-electron chi connectivity index (χ0n) is 16.6. The van der Waals surface area contributed by atoms with E-state index in [1.807, 2.05) is 25.1 Å². The van der Waals surface area contributed by atoms with Crippen LogP contribution >= 0.6 is 35.4 Å². The molecule has 3 rings (SSSR count). The number of benzene rings is 2. The second-order valence-electron chi connectivity index (χ2n) is 6.96. The molecule has 8 heteroatoms. The SMILES string of the molecule is COc1cc(C)c(C(C)=O)cc1NC(=S)N1CCN(c2cc(Cl)cc(Cl)c2)CC1. The number of hydrogen-bond donors (Lipinski definition) is 1. The third kappa shape index (κ3) is 5.13. The standard InChI is InChI=1S/C21H23Cl2N3O2S/c1-13-8-20(28-3)19(12-18(13)14(2)27)24-21(29)26-6-4-25(5-7-26)17-10-15(22)9-16(23)11-17/h8-12H,4-7H2,1-3H3,(H,24,29). The number of aryl methyl sites for hydroxylation is 1. The number of piperazine rings is 1. The van der Waals surface area contributed by atoms with Gasteiger partial charge in [-0.2, -0.15) is 0 Å². The summed E-state index contributed by atoms with van der Waals surface area (Å²) in [5.74, 6) is 0.662. The Balaban J connectivity index is 1.68. The van der Waals surface area contributed by atoms with Crippen molar-refractivity contribution in [3.8, 4) is 5.75 Å². The molecule has 0 saturated carbocycles. The Morgan fingerprint density at radius 2 is 1.69 bits per heavy atom. The molecule has 1 saturated heterocycles. The molecule has 1 fully saturated rings. The lowest BCUT2D eigenvalue weighted by Gasteiger charge is -2.37. The van der Waals surface area contributed by atoms with E-state index in [0.29, 0.717) is 32.2 Å². The van der Waals surface area contributed by atoms with Gasteiger partial charge in [0.05, 0.1) is 12.8 Å². The van der Waals surface area contributed by atoms with Crippen molar-refractivity contribution in [1.29, 1.82) is 0 Å². The lowest BCUT2D eigenvalue weighted by molar-refractivity contribution is 0.101. The fourth-order valence-electron chi connectivity index (χ4n) is 3.41. The van der Waals surface area contributed by atoms with Crippen molar-refractivity contribution in [2.24, 2.45) is 0 Å². The summed E-state index contributed by atoms with van der Waals surface area (Å²) in [7, 11) is 1.60. The molecule has 2 aromatic carbocycles. The maximum absolute atomic E-state index is 11.9. The summed E-state index contributed by atoms with van der Waals surface area (Å²) in [6, 6.07) is 9.21. The van der Waals surface area contributed by atoms with Crippen molar-refractivity contribution >= 4 is 57.7 Å². The lowest BCUT2D eigenvalue weighted by Crippen LogP contribution is -2.50. The van der Waals surface area contributed by atoms with Gasteiger partial charge >= 0.3 is 0 Å². The summed E-state index contributed by atoms with van der Waals surface area (Å²) in [5, 5.41) is 5.10. The number of halogens is 2. The average molecular weight is 452 g/mol. The summed E-state index contributed by atoms with van der Waals surface area (Å²) >= 11 is 17.9. The van der Waals surface area contributed by atoms with Crippen LogP contribution in [0.2, 0.25) is 10.0 Å². The molecule has 0 radical (unpaired) electrons. The number of nitrogens with zero attached hydrogens (tertiary/aromatic N) is 2. The van der Waals surface area contributed by atoms with Crippen LogP contribution in [0.5, 0.6) is 5.75 Å². The predicted molar refractivity (Wildman–Crippen MR) is 124 cm³/mol. The molecule has 0 aliphatic carbocycles. The highest BCUT2D eigenvalue weighted by Crippen LogP contribution is 2.30. The van der Waals surface area contributed by atoms with Gasteiger partial charge in [-0.15, -0.1) is 0 Å². The molecule has 0 aromatic heterocycles. The second-order valence-corrected chi connectivity index (χ2v) is 8.22. The Labute approximate surface area is 186 Å². The zero-order chi connectivity index (χ0) is 21.1. The molecule has 0 atom stereocenters. The topological polar surface area (TPSA) is 44.8 Å². The molecule has 2 aromatic rings. The number of carbonyl (C=O) groups is 1. The second kappa shape index (κ2) is 9.20. The minimum atomic E-state index is 0.00733. The van der Waals surface area contributed by atoms with E-state index >= 15 is 0 Å². The van der Waals surface area contributed by atoms with Crippen LogP contribution in [0.3, 0.4) is 0 Å². The van der Waals surface area contributed by atoms with Gasteiger partial charge in [0.2, 0.25) is 0 Å². The van der Waals surface area contributed by atoms with E-state index in [2.05, 4.69) is 15.1 Å². The number of thiocarbonyl (C=S) groups is 1. The summed E-state index contributed by atoms with van der Waals surface area (Å²) in [5.41, 5.74) is 3.23. The Morgan fingerprint density at radius 1 is 1.07 bits per heavy atom. The molecule has 29 heavy (non-hydrogen) atoms. The van der Waals surface area contributed by atoms with Crippen LogP contribution in [-0.4, -0.2) is 49.1 Å². The molecule has 1 heterocycles. The molecule has 0 unspecified atom stereocenters. The molecule has 0 spiro atoms. The highest BCUT2D eigenvalue weighted by atomic mass is 35.5. The molecule has 154 valence electrons. The van der Waals surface area contributed by atoms with Crippen LogP contribution in [0.4, 0.5) is 11.4 Å². The van der Waals surface area contributed by atoms with Crippen molar-refractivity contribution in [1.82, 2.24) is 4.90 Å². The van der Waals surface area contributed by atoms with E-state index in [-0.39, 0.29) is 5.78 Å². The number of ketones is 1. The number of nitrogens with one attached hydrogen (secondary N) is 1. The van der Waals surface area contributed by atoms with Gasteiger partial charge < -0.3 is 19.9 Å². The van der Waals surface area contributed by atoms with Crippen molar-refractivity contribution in [2.75, 3.05) is 43.5 Å². The van der Waals surface area contributed by atoms with Gasteiger partial charge in [0.1, 0.15) is 5.75 Å². The van der Waals surface area contributed by atoms with Gasteiger partial charge in [0.25, 0.3) is 0 Å². The first-order valence-electron chi connectivity index (χ1n) is 9.25. The minimum absolute atomic E-state index is 0.00733. The van der Waals surface area contributed by atoms with E-state index in [9.17, 15) is 4.79 Å². The first-order chi connectivity index (χ1) is 13.8. The maximum atomic E-state index is 11.9. The fraction of sp³-hybridized carbons (Fsp3) is 0.333. The largest absolute Gasteiger partial charge is 0.495 e. The van der Waals surface area contributed by atoms with Gasteiger partial charge in [-0.05, 0) is 62.0 Å². The number of carbonyl (C=O) groups excluding carboxylic acids is 1.